The summed E-state index contributed by atoms with van der Waals surface area (Å²) in [6, 6.07) is 10.9. The predicted molar refractivity (Wildman–Crippen MR) is 104 cm³/mol. The summed E-state index contributed by atoms with van der Waals surface area (Å²) in [7, 11) is -2.05. The number of amides is 1. The highest BCUT2D eigenvalue weighted by Gasteiger charge is 2.19. The van der Waals surface area contributed by atoms with Crippen molar-refractivity contribution >= 4 is 27.1 Å². The first-order valence-corrected chi connectivity index (χ1v) is 10.2. The maximum Gasteiger partial charge on any atom is 0.243 e. The van der Waals surface area contributed by atoms with Gasteiger partial charge in [-0.05, 0) is 42.7 Å². The number of anilines is 2. The molecule has 7 heteroatoms. The number of para-hydroxylation sites is 1. The zero-order chi connectivity index (χ0) is 19.3. The summed E-state index contributed by atoms with van der Waals surface area (Å²) in [6.07, 6.45) is 1.94. The SMILES string of the molecule is CCc1ccccc1NC(=O)CNc1cc(C)cc(S(C)(=O)=O)c1OC. The fourth-order valence-electron chi connectivity index (χ4n) is 2.68. The number of sulfone groups is 1. The molecular formula is C19H24N2O4S. The Bertz CT molecular complexity index is 908. The quantitative estimate of drug-likeness (QED) is 0.776. The lowest BCUT2D eigenvalue weighted by molar-refractivity contribution is -0.114. The van der Waals surface area contributed by atoms with Crippen molar-refractivity contribution in [2.45, 2.75) is 25.2 Å². The molecule has 2 N–H and O–H groups in total. The van der Waals surface area contributed by atoms with Crippen LogP contribution >= 0.6 is 0 Å². The van der Waals surface area contributed by atoms with E-state index in [9.17, 15) is 13.2 Å². The van der Waals surface area contributed by atoms with E-state index in [1.807, 2.05) is 31.2 Å². The predicted octanol–water partition coefficient (Wildman–Crippen LogP) is 3.02. The molecule has 0 heterocycles. The van der Waals surface area contributed by atoms with Gasteiger partial charge in [0.1, 0.15) is 4.90 Å². The van der Waals surface area contributed by atoms with Gasteiger partial charge >= 0.3 is 0 Å². The highest BCUT2D eigenvalue weighted by Crippen LogP contribution is 2.33. The smallest absolute Gasteiger partial charge is 0.243 e. The van der Waals surface area contributed by atoms with Crippen LogP contribution in [0.1, 0.15) is 18.1 Å². The first kappa shape index (κ1) is 19.8. The highest BCUT2D eigenvalue weighted by molar-refractivity contribution is 7.90. The van der Waals surface area contributed by atoms with E-state index >= 15 is 0 Å². The number of nitrogens with one attached hydrogen (secondary N) is 2. The molecule has 6 nitrogen and oxygen atoms in total. The number of rotatable bonds is 7. The van der Waals surface area contributed by atoms with Gasteiger partial charge in [-0.1, -0.05) is 25.1 Å². The molecule has 0 bridgehead atoms. The van der Waals surface area contributed by atoms with E-state index in [0.717, 1.165) is 29.5 Å². The molecule has 0 saturated heterocycles. The van der Waals surface area contributed by atoms with Crippen molar-refractivity contribution in [2.24, 2.45) is 0 Å². The lowest BCUT2D eigenvalue weighted by Crippen LogP contribution is -2.22. The van der Waals surface area contributed by atoms with Gasteiger partial charge in [-0.25, -0.2) is 8.42 Å². The third kappa shape index (κ3) is 4.76. The Labute approximate surface area is 154 Å². The Kier molecular flexibility index (Phi) is 6.26. The number of ether oxygens (including phenoxy) is 1. The van der Waals surface area contributed by atoms with Crippen molar-refractivity contribution in [3.63, 3.8) is 0 Å². The molecule has 0 radical (unpaired) electrons. The van der Waals surface area contributed by atoms with E-state index in [-0.39, 0.29) is 23.1 Å². The summed E-state index contributed by atoms with van der Waals surface area (Å²) in [4.78, 5) is 12.4. The summed E-state index contributed by atoms with van der Waals surface area (Å²) in [5, 5.41) is 5.84. The van der Waals surface area contributed by atoms with E-state index in [2.05, 4.69) is 10.6 Å². The molecule has 0 unspecified atom stereocenters. The summed E-state index contributed by atoms with van der Waals surface area (Å²) < 4.78 is 29.2. The van der Waals surface area contributed by atoms with Crippen LogP contribution in [0.2, 0.25) is 0 Å². The summed E-state index contributed by atoms with van der Waals surface area (Å²) in [6.45, 7) is 3.80. The van der Waals surface area contributed by atoms with Gasteiger partial charge in [0.25, 0.3) is 0 Å². The standard InChI is InChI=1S/C19H24N2O4S/c1-5-14-8-6-7-9-15(14)21-18(22)12-20-16-10-13(2)11-17(19(16)25-3)26(4,23)24/h6-11,20H,5,12H2,1-4H3,(H,21,22). The van der Waals surface area contributed by atoms with Crippen molar-refractivity contribution in [3.8, 4) is 5.75 Å². The molecule has 26 heavy (non-hydrogen) atoms. The second-order valence-electron chi connectivity index (χ2n) is 6.03. The Balaban J connectivity index is 2.19. The van der Waals surface area contributed by atoms with Gasteiger partial charge in [0, 0.05) is 11.9 Å². The zero-order valence-corrected chi connectivity index (χ0v) is 16.2. The fraction of sp³-hybridized carbons (Fsp3) is 0.316. The number of hydrogen-bond acceptors (Lipinski definition) is 5. The van der Waals surface area contributed by atoms with E-state index < -0.39 is 9.84 Å². The fourth-order valence-corrected chi connectivity index (χ4v) is 3.61. The van der Waals surface area contributed by atoms with Crippen molar-refractivity contribution in [1.29, 1.82) is 0 Å². The van der Waals surface area contributed by atoms with Crippen molar-refractivity contribution in [2.75, 3.05) is 30.5 Å². The van der Waals surface area contributed by atoms with E-state index in [0.29, 0.717) is 5.69 Å². The number of methoxy groups -OCH3 is 1. The molecular weight excluding hydrogens is 352 g/mol. The zero-order valence-electron chi connectivity index (χ0n) is 15.4. The first-order chi connectivity index (χ1) is 12.3. The molecule has 2 aromatic carbocycles. The number of carbonyl (C=O) groups is 1. The van der Waals surface area contributed by atoms with Gasteiger partial charge in [0.05, 0.1) is 19.3 Å². The van der Waals surface area contributed by atoms with Crippen LogP contribution in [0.3, 0.4) is 0 Å². The minimum Gasteiger partial charge on any atom is -0.493 e. The maximum absolute atomic E-state index is 12.3. The van der Waals surface area contributed by atoms with Crippen LogP contribution in [0.25, 0.3) is 0 Å². The lowest BCUT2D eigenvalue weighted by atomic mass is 10.1. The number of benzene rings is 2. The minimum absolute atomic E-state index is 0.0128. The molecule has 0 spiro atoms. The number of aryl methyl sites for hydroxylation is 2. The molecule has 0 aliphatic rings. The first-order valence-electron chi connectivity index (χ1n) is 8.26. The van der Waals surface area contributed by atoms with Gasteiger partial charge < -0.3 is 15.4 Å². The lowest BCUT2D eigenvalue weighted by Gasteiger charge is -2.16. The molecule has 2 aromatic rings. The van der Waals surface area contributed by atoms with Crippen LogP contribution < -0.4 is 15.4 Å². The summed E-state index contributed by atoms with van der Waals surface area (Å²) in [5.41, 5.74) is 3.04. The molecule has 0 aromatic heterocycles. The van der Waals surface area contributed by atoms with Crippen LogP contribution in [-0.4, -0.2) is 34.2 Å². The van der Waals surface area contributed by atoms with Crippen molar-refractivity contribution < 1.29 is 17.9 Å². The molecule has 0 aliphatic carbocycles. The molecule has 0 saturated carbocycles. The topological polar surface area (TPSA) is 84.5 Å². The minimum atomic E-state index is -3.45. The molecule has 0 fully saturated rings. The Morgan fingerprint density at radius 2 is 1.85 bits per heavy atom. The average molecular weight is 376 g/mol. The van der Waals surface area contributed by atoms with E-state index in [4.69, 9.17) is 4.74 Å². The van der Waals surface area contributed by atoms with Crippen molar-refractivity contribution in [1.82, 2.24) is 0 Å². The summed E-state index contributed by atoms with van der Waals surface area (Å²) in [5.74, 6) is -0.0183. The molecule has 140 valence electrons. The van der Waals surface area contributed by atoms with Crippen LogP contribution in [-0.2, 0) is 21.1 Å². The van der Waals surface area contributed by atoms with Crippen LogP contribution in [0.15, 0.2) is 41.3 Å². The largest absolute Gasteiger partial charge is 0.493 e. The Hall–Kier alpha value is -2.54. The van der Waals surface area contributed by atoms with Gasteiger partial charge in [0.15, 0.2) is 15.6 Å². The third-order valence-electron chi connectivity index (χ3n) is 3.91. The normalized spacial score (nSPS) is 11.1. The Morgan fingerprint density at radius 1 is 1.15 bits per heavy atom. The monoisotopic (exact) mass is 376 g/mol. The van der Waals surface area contributed by atoms with E-state index in [1.54, 1.807) is 19.1 Å². The highest BCUT2D eigenvalue weighted by atomic mass is 32.2. The van der Waals surface area contributed by atoms with Gasteiger partial charge in [-0.2, -0.15) is 0 Å². The van der Waals surface area contributed by atoms with Crippen LogP contribution in [0.5, 0.6) is 5.75 Å². The van der Waals surface area contributed by atoms with Gasteiger partial charge in [-0.3, -0.25) is 4.79 Å². The number of carbonyl (C=O) groups excluding carboxylic acids is 1. The summed E-state index contributed by atoms with van der Waals surface area (Å²) >= 11 is 0. The molecule has 0 aliphatic heterocycles. The molecule has 2 rings (SSSR count). The van der Waals surface area contributed by atoms with E-state index in [1.165, 1.54) is 7.11 Å². The second kappa shape index (κ2) is 8.23. The Morgan fingerprint density at radius 3 is 2.46 bits per heavy atom. The third-order valence-corrected chi connectivity index (χ3v) is 5.02. The van der Waals surface area contributed by atoms with Crippen LogP contribution in [0.4, 0.5) is 11.4 Å². The van der Waals surface area contributed by atoms with Crippen LogP contribution in [0, 0.1) is 6.92 Å². The molecule has 1 amide bonds. The van der Waals surface area contributed by atoms with Gasteiger partial charge in [-0.15, -0.1) is 0 Å². The molecule has 0 atom stereocenters. The average Bonchev–Trinajstić information content (AvgIpc) is 2.59. The van der Waals surface area contributed by atoms with Crippen molar-refractivity contribution in [3.05, 3.63) is 47.5 Å². The second-order valence-corrected chi connectivity index (χ2v) is 8.01. The maximum atomic E-state index is 12.3. The number of hydrogen-bond donors (Lipinski definition) is 2. The van der Waals surface area contributed by atoms with Gasteiger partial charge in [0.2, 0.25) is 5.91 Å².